The summed E-state index contributed by atoms with van der Waals surface area (Å²) < 4.78 is 0. The first-order valence-corrected chi connectivity index (χ1v) is 6.44. The summed E-state index contributed by atoms with van der Waals surface area (Å²) in [5.41, 5.74) is 1.57. The minimum Gasteiger partial charge on any atom is -0.314 e. The number of hydrogen-bond donors (Lipinski definition) is 1. The lowest BCUT2D eigenvalue weighted by Crippen LogP contribution is -2.48. The monoisotopic (exact) mass is 233 g/mol. The first-order chi connectivity index (χ1) is 8.09. The van der Waals surface area contributed by atoms with E-state index in [1.54, 1.807) is 0 Å². The minimum atomic E-state index is 0.236. The maximum Gasteiger partial charge on any atom is 0.0412 e. The van der Waals surface area contributed by atoms with Gasteiger partial charge in [-0.15, -0.1) is 0 Å². The second-order valence-electron chi connectivity index (χ2n) is 5.84. The van der Waals surface area contributed by atoms with Crippen molar-refractivity contribution in [2.24, 2.45) is 5.41 Å². The van der Waals surface area contributed by atoms with Gasteiger partial charge in [0.1, 0.15) is 0 Å². The zero-order chi connectivity index (χ0) is 12.3. The molecule has 3 nitrogen and oxygen atoms in total. The molecule has 2 rings (SSSR count). The fourth-order valence-corrected chi connectivity index (χ4v) is 2.74. The maximum absolute atomic E-state index is 4.27. The smallest absolute Gasteiger partial charge is 0.0412 e. The average Bonchev–Trinajstić information content (AvgIpc) is 2.30. The number of nitrogens with one attached hydrogen (secondary N) is 1. The van der Waals surface area contributed by atoms with Crippen LogP contribution in [0.15, 0.2) is 24.5 Å². The molecule has 94 valence electrons. The molecule has 1 aliphatic rings. The third-order valence-electron chi connectivity index (χ3n) is 3.34. The van der Waals surface area contributed by atoms with Crippen LogP contribution in [0.2, 0.25) is 0 Å². The van der Waals surface area contributed by atoms with E-state index in [1.807, 2.05) is 18.5 Å². The molecule has 17 heavy (non-hydrogen) atoms. The number of pyridine rings is 1. The molecule has 0 aliphatic carbocycles. The summed E-state index contributed by atoms with van der Waals surface area (Å²) in [6.07, 6.45) is 3.86. The zero-order valence-corrected chi connectivity index (χ0v) is 11.1. The highest BCUT2D eigenvalue weighted by Crippen LogP contribution is 2.37. The van der Waals surface area contributed by atoms with Crippen molar-refractivity contribution in [1.29, 1.82) is 0 Å². The van der Waals surface area contributed by atoms with E-state index in [0.717, 1.165) is 26.2 Å². The number of rotatable bonds is 2. The quantitative estimate of drug-likeness (QED) is 0.847. The van der Waals surface area contributed by atoms with Gasteiger partial charge in [0, 0.05) is 44.6 Å². The van der Waals surface area contributed by atoms with Crippen molar-refractivity contribution in [1.82, 2.24) is 15.2 Å². The SMILES string of the molecule is CC(C)(C)[C@H](c1cccnc1)N1CCNCC1. The Bertz CT molecular complexity index is 336. The van der Waals surface area contributed by atoms with Crippen molar-refractivity contribution in [2.45, 2.75) is 26.8 Å². The summed E-state index contributed by atoms with van der Waals surface area (Å²) >= 11 is 0. The van der Waals surface area contributed by atoms with Gasteiger partial charge in [0.15, 0.2) is 0 Å². The molecule has 1 saturated heterocycles. The van der Waals surface area contributed by atoms with E-state index in [2.05, 4.69) is 42.0 Å². The summed E-state index contributed by atoms with van der Waals surface area (Å²) in [7, 11) is 0. The number of hydrogen-bond acceptors (Lipinski definition) is 3. The van der Waals surface area contributed by atoms with Gasteiger partial charge in [0.2, 0.25) is 0 Å². The fraction of sp³-hybridized carbons (Fsp3) is 0.643. The topological polar surface area (TPSA) is 28.2 Å². The Morgan fingerprint density at radius 3 is 2.53 bits per heavy atom. The molecule has 0 spiro atoms. The van der Waals surface area contributed by atoms with Crippen LogP contribution in [0, 0.1) is 5.41 Å². The number of aromatic nitrogens is 1. The zero-order valence-electron chi connectivity index (χ0n) is 11.1. The highest BCUT2D eigenvalue weighted by Gasteiger charge is 2.32. The summed E-state index contributed by atoms with van der Waals surface area (Å²) in [5, 5.41) is 3.42. The van der Waals surface area contributed by atoms with Crippen LogP contribution in [0.25, 0.3) is 0 Å². The molecule has 0 saturated carbocycles. The van der Waals surface area contributed by atoms with Gasteiger partial charge in [-0.2, -0.15) is 0 Å². The molecule has 0 aromatic carbocycles. The van der Waals surface area contributed by atoms with Gasteiger partial charge in [-0.1, -0.05) is 26.8 Å². The van der Waals surface area contributed by atoms with Crippen LogP contribution in [-0.2, 0) is 0 Å². The van der Waals surface area contributed by atoms with Crippen LogP contribution in [-0.4, -0.2) is 36.1 Å². The Morgan fingerprint density at radius 1 is 1.29 bits per heavy atom. The van der Waals surface area contributed by atoms with Crippen LogP contribution < -0.4 is 5.32 Å². The first kappa shape index (κ1) is 12.5. The molecule has 0 unspecified atom stereocenters. The molecule has 1 atom stereocenters. The van der Waals surface area contributed by atoms with Gasteiger partial charge in [0.25, 0.3) is 0 Å². The van der Waals surface area contributed by atoms with Crippen LogP contribution in [0.1, 0.15) is 32.4 Å². The lowest BCUT2D eigenvalue weighted by molar-refractivity contribution is 0.0860. The molecule has 0 amide bonds. The number of piperazine rings is 1. The van der Waals surface area contributed by atoms with Crippen LogP contribution in [0.3, 0.4) is 0 Å². The van der Waals surface area contributed by atoms with Crippen LogP contribution in [0.4, 0.5) is 0 Å². The molecule has 3 heteroatoms. The van der Waals surface area contributed by atoms with Gasteiger partial charge in [-0.3, -0.25) is 9.88 Å². The third kappa shape index (κ3) is 3.05. The van der Waals surface area contributed by atoms with Crippen LogP contribution in [0.5, 0.6) is 0 Å². The van der Waals surface area contributed by atoms with Crippen molar-refractivity contribution in [2.75, 3.05) is 26.2 Å². The van der Waals surface area contributed by atoms with Crippen LogP contribution >= 0.6 is 0 Å². The molecule has 0 radical (unpaired) electrons. The number of nitrogens with zero attached hydrogens (tertiary/aromatic N) is 2. The predicted octanol–water partition coefficient (Wildman–Crippen LogP) is 2.07. The van der Waals surface area contributed by atoms with Gasteiger partial charge in [-0.25, -0.2) is 0 Å². The summed E-state index contributed by atoms with van der Waals surface area (Å²) in [5.74, 6) is 0. The molecular weight excluding hydrogens is 210 g/mol. The standard InChI is InChI=1S/C14H23N3/c1-14(2,3)13(12-5-4-6-16-11-12)17-9-7-15-8-10-17/h4-6,11,13,15H,7-10H2,1-3H3/t13-/m0/s1. The maximum atomic E-state index is 4.27. The lowest BCUT2D eigenvalue weighted by Gasteiger charge is -2.42. The molecular formula is C14H23N3. The molecule has 1 N–H and O–H groups in total. The summed E-state index contributed by atoms with van der Waals surface area (Å²) in [4.78, 5) is 6.85. The molecule has 2 heterocycles. The third-order valence-corrected chi connectivity index (χ3v) is 3.34. The van der Waals surface area contributed by atoms with E-state index in [1.165, 1.54) is 5.56 Å². The lowest BCUT2D eigenvalue weighted by atomic mass is 9.81. The molecule has 1 aliphatic heterocycles. The van der Waals surface area contributed by atoms with Crippen molar-refractivity contribution in [3.8, 4) is 0 Å². The van der Waals surface area contributed by atoms with E-state index in [9.17, 15) is 0 Å². The van der Waals surface area contributed by atoms with Gasteiger partial charge >= 0.3 is 0 Å². The normalized spacial score (nSPS) is 20.2. The Morgan fingerprint density at radius 2 is 2.00 bits per heavy atom. The summed E-state index contributed by atoms with van der Waals surface area (Å²) in [6.45, 7) is 11.4. The van der Waals surface area contributed by atoms with E-state index in [4.69, 9.17) is 0 Å². The van der Waals surface area contributed by atoms with E-state index < -0.39 is 0 Å². The van der Waals surface area contributed by atoms with Crippen molar-refractivity contribution < 1.29 is 0 Å². The second kappa shape index (κ2) is 5.15. The van der Waals surface area contributed by atoms with Crippen molar-refractivity contribution in [3.63, 3.8) is 0 Å². The van der Waals surface area contributed by atoms with Crippen molar-refractivity contribution in [3.05, 3.63) is 30.1 Å². The van der Waals surface area contributed by atoms with Gasteiger partial charge < -0.3 is 5.32 Å². The molecule has 1 fully saturated rings. The Balaban J connectivity index is 2.25. The average molecular weight is 233 g/mol. The predicted molar refractivity (Wildman–Crippen MR) is 70.9 cm³/mol. The molecule has 1 aromatic rings. The van der Waals surface area contributed by atoms with E-state index >= 15 is 0 Å². The molecule has 0 bridgehead atoms. The Kier molecular flexibility index (Phi) is 3.79. The van der Waals surface area contributed by atoms with Crippen molar-refractivity contribution >= 4 is 0 Å². The van der Waals surface area contributed by atoms with E-state index in [0.29, 0.717) is 6.04 Å². The summed E-state index contributed by atoms with van der Waals surface area (Å²) in [6, 6.07) is 4.69. The molecule has 1 aromatic heterocycles. The van der Waals surface area contributed by atoms with Gasteiger partial charge in [0.05, 0.1) is 0 Å². The fourth-order valence-electron chi connectivity index (χ4n) is 2.74. The highest BCUT2D eigenvalue weighted by molar-refractivity contribution is 5.17. The minimum absolute atomic E-state index is 0.236. The first-order valence-electron chi connectivity index (χ1n) is 6.44. The van der Waals surface area contributed by atoms with Gasteiger partial charge in [-0.05, 0) is 17.0 Å². The highest BCUT2D eigenvalue weighted by atomic mass is 15.2. The Labute approximate surface area is 104 Å². The Hall–Kier alpha value is -0.930. The second-order valence-corrected chi connectivity index (χ2v) is 5.84. The van der Waals surface area contributed by atoms with E-state index in [-0.39, 0.29) is 5.41 Å². The largest absolute Gasteiger partial charge is 0.314 e.